The third-order valence-electron chi connectivity index (χ3n) is 3.51. The Balaban J connectivity index is 2.00. The van der Waals surface area contributed by atoms with E-state index in [1.54, 1.807) is 0 Å². The summed E-state index contributed by atoms with van der Waals surface area (Å²) in [6, 6.07) is 8.90. The molecule has 0 bridgehead atoms. The summed E-state index contributed by atoms with van der Waals surface area (Å²) >= 11 is 0. The molecule has 0 spiro atoms. The Bertz CT molecular complexity index is 482. The largest absolute Gasteiger partial charge is 0.285 e. The van der Waals surface area contributed by atoms with Crippen molar-refractivity contribution in [3.05, 3.63) is 52.8 Å². The topological polar surface area (TPSA) is 28.7 Å². The van der Waals surface area contributed by atoms with Crippen LogP contribution in [0.4, 0.5) is 0 Å². The lowest BCUT2D eigenvalue weighted by molar-refractivity contribution is 0.610. The number of hydrogen-bond donors (Lipinski definition) is 1. The highest BCUT2D eigenvalue weighted by molar-refractivity contribution is 5.36. The third-order valence-corrected chi connectivity index (χ3v) is 3.51. The number of hydrogen-bond acceptors (Lipinski definition) is 1. The highest BCUT2D eigenvalue weighted by atomic mass is 15.1. The number of aryl methyl sites for hydroxylation is 2. The Labute approximate surface area is 95.7 Å². The monoisotopic (exact) mass is 212 g/mol. The van der Waals surface area contributed by atoms with E-state index in [9.17, 15) is 0 Å². The van der Waals surface area contributed by atoms with Gasteiger partial charge in [0.15, 0.2) is 0 Å². The number of nitrogens with zero attached hydrogens (tertiary/aromatic N) is 1. The standard InChI is InChI=1S/C14H16N2/c1-10-5-7-11(8-6-10)12-3-2-4-14-13(12)9-15-16-14/h5-9,12H,2-4H2,1H3,(H,15,16). The average Bonchev–Trinajstić information content (AvgIpc) is 2.78. The minimum atomic E-state index is 0.545. The first kappa shape index (κ1) is 9.64. The lowest BCUT2D eigenvalue weighted by Crippen LogP contribution is -2.09. The van der Waals surface area contributed by atoms with Crippen LogP contribution in [0.15, 0.2) is 30.5 Å². The summed E-state index contributed by atoms with van der Waals surface area (Å²) in [4.78, 5) is 0. The van der Waals surface area contributed by atoms with Gasteiger partial charge in [0.2, 0.25) is 0 Å². The number of benzene rings is 1. The van der Waals surface area contributed by atoms with E-state index in [2.05, 4.69) is 47.6 Å². The summed E-state index contributed by atoms with van der Waals surface area (Å²) in [6.45, 7) is 2.13. The van der Waals surface area contributed by atoms with E-state index in [0.717, 1.165) is 6.42 Å². The molecule has 0 saturated heterocycles. The minimum absolute atomic E-state index is 0.545. The SMILES string of the molecule is Cc1ccc(C2CCCc3n[nH]cc32)cc1. The number of aromatic nitrogens is 2. The van der Waals surface area contributed by atoms with Gasteiger partial charge >= 0.3 is 0 Å². The van der Waals surface area contributed by atoms with Gasteiger partial charge in [0, 0.05) is 17.7 Å². The lowest BCUT2D eigenvalue weighted by atomic mass is 9.82. The van der Waals surface area contributed by atoms with Gasteiger partial charge in [0.05, 0.1) is 5.69 Å². The van der Waals surface area contributed by atoms with Crippen molar-refractivity contribution in [2.24, 2.45) is 0 Å². The molecular weight excluding hydrogens is 196 g/mol. The molecule has 1 aromatic carbocycles. The summed E-state index contributed by atoms with van der Waals surface area (Å²) in [5.74, 6) is 0.545. The molecule has 0 amide bonds. The summed E-state index contributed by atoms with van der Waals surface area (Å²) in [6.07, 6.45) is 5.69. The van der Waals surface area contributed by atoms with Gasteiger partial charge in [-0.25, -0.2) is 0 Å². The summed E-state index contributed by atoms with van der Waals surface area (Å²) in [5, 5.41) is 7.33. The maximum absolute atomic E-state index is 4.33. The normalized spacial score (nSPS) is 19.4. The molecule has 1 aromatic heterocycles. The minimum Gasteiger partial charge on any atom is -0.285 e. The van der Waals surface area contributed by atoms with E-state index >= 15 is 0 Å². The summed E-state index contributed by atoms with van der Waals surface area (Å²) < 4.78 is 0. The summed E-state index contributed by atoms with van der Waals surface area (Å²) in [5.41, 5.74) is 5.41. The molecule has 2 heteroatoms. The first-order valence-corrected chi connectivity index (χ1v) is 5.94. The number of aromatic amines is 1. The highest BCUT2D eigenvalue weighted by Gasteiger charge is 2.23. The Morgan fingerprint density at radius 1 is 1.25 bits per heavy atom. The van der Waals surface area contributed by atoms with Crippen LogP contribution in [0, 0.1) is 6.92 Å². The van der Waals surface area contributed by atoms with Crippen LogP contribution in [0.1, 0.15) is 41.1 Å². The first-order valence-electron chi connectivity index (χ1n) is 5.94. The molecule has 0 saturated carbocycles. The van der Waals surface area contributed by atoms with Crippen molar-refractivity contribution in [2.75, 3.05) is 0 Å². The van der Waals surface area contributed by atoms with Crippen molar-refractivity contribution in [3.8, 4) is 0 Å². The number of fused-ring (bicyclic) bond motifs is 1. The van der Waals surface area contributed by atoms with Gasteiger partial charge in [-0.1, -0.05) is 29.8 Å². The zero-order chi connectivity index (χ0) is 11.0. The molecule has 1 atom stereocenters. The molecule has 1 aliphatic carbocycles. The quantitative estimate of drug-likeness (QED) is 0.772. The van der Waals surface area contributed by atoms with Gasteiger partial charge in [-0.3, -0.25) is 5.10 Å². The predicted octanol–water partition coefficient (Wildman–Crippen LogP) is 3.19. The third kappa shape index (κ3) is 1.54. The van der Waals surface area contributed by atoms with Gasteiger partial charge in [-0.2, -0.15) is 5.10 Å². The Hall–Kier alpha value is -1.57. The average molecular weight is 212 g/mol. The van der Waals surface area contributed by atoms with Gasteiger partial charge in [0.25, 0.3) is 0 Å². The van der Waals surface area contributed by atoms with Crippen molar-refractivity contribution < 1.29 is 0 Å². The maximum Gasteiger partial charge on any atom is 0.0660 e. The molecule has 82 valence electrons. The molecule has 2 nitrogen and oxygen atoms in total. The van der Waals surface area contributed by atoms with Crippen LogP contribution in [-0.4, -0.2) is 10.2 Å². The van der Waals surface area contributed by atoms with Gasteiger partial charge in [-0.05, 0) is 31.7 Å². The molecule has 1 aliphatic rings. The summed E-state index contributed by atoms with van der Waals surface area (Å²) in [7, 11) is 0. The van der Waals surface area contributed by atoms with E-state index in [1.165, 1.54) is 35.2 Å². The van der Waals surface area contributed by atoms with E-state index in [4.69, 9.17) is 0 Å². The van der Waals surface area contributed by atoms with Crippen LogP contribution < -0.4 is 0 Å². The molecule has 0 aliphatic heterocycles. The fraction of sp³-hybridized carbons (Fsp3) is 0.357. The number of rotatable bonds is 1. The van der Waals surface area contributed by atoms with Crippen molar-refractivity contribution in [3.63, 3.8) is 0 Å². The highest BCUT2D eigenvalue weighted by Crippen LogP contribution is 2.35. The fourth-order valence-corrected chi connectivity index (χ4v) is 2.60. The van der Waals surface area contributed by atoms with Crippen LogP contribution in [0.2, 0.25) is 0 Å². The molecule has 16 heavy (non-hydrogen) atoms. The van der Waals surface area contributed by atoms with Gasteiger partial charge in [0.1, 0.15) is 0 Å². The second kappa shape index (κ2) is 3.78. The molecule has 3 rings (SSSR count). The molecular formula is C14H16N2. The Morgan fingerprint density at radius 3 is 2.88 bits per heavy atom. The van der Waals surface area contributed by atoms with Crippen molar-refractivity contribution in [2.45, 2.75) is 32.1 Å². The zero-order valence-corrected chi connectivity index (χ0v) is 9.53. The zero-order valence-electron chi connectivity index (χ0n) is 9.53. The number of nitrogens with one attached hydrogen (secondary N) is 1. The molecule has 1 N–H and O–H groups in total. The Morgan fingerprint density at radius 2 is 2.06 bits per heavy atom. The molecule has 1 heterocycles. The van der Waals surface area contributed by atoms with E-state index < -0.39 is 0 Å². The van der Waals surface area contributed by atoms with Crippen LogP contribution in [0.5, 0.6) is 0 Å². The fourth-order valence-electron chi connectivity index (χ4n) is 2.60. The Kier molecular flexibility index (Phi) is 2.28. The van der Waals surface area contributed by atoms with E-state index in [0.29, 0.717) is 5.92 Å². The number of H-pyrrole nitrogens is 1. The van der Waals surface area contributed by atoms with Crippen LogP contribution in [0.3, 0.4) is 0 Å². The van der Waals surface area contributed by atoms with Gasteiger partial charge < -0.3 is 0 Å². The molecule has 0 fully saturated rings. The van der Waals surface area contributed by atoms with E-state index in [1.807, 2.05) is 0 Å². The van der Waals surface area contributed by atoms with Crippen molar-refractivity contribution in [1.82, 2.24) is 10.2 Å². The van der Waals surface area contributed by atoms with Crippen molar-refractivity contribution >= 4 is 0 Å². The van der Waals surface area contributed by atoms with E-state index in [-0.39, 0.29) is 0 Å². The van der Waals surface area contributed by atoms with Crippen LogP contribution in [0.25, 0.3) is 0 Å². The maximum atomic E-state index is 4.33. The second-order valence-electron chi connectivity index (χ2n) is 4.64. The molecule has 1 unspecified atom stereocenters. The van der Waals surface area contributed by atoms with Gasteiger partial charge in [-0.15, -0.1) is 0 Å². The second-order valence-corrected chi connectivity index (χ2v) is 4.64. The lowest BCUT2D eigenvalue weighted by Gasteiger charge is -2.21. The van der Waals surface area contributed by atoms with Crippen LogP contribution in [-0.2, 0) is 6.42 Å². The molecule has 2 aromatic rings. The predicted molar refractivity (Wildman–Crippen MR) is 64.5 cm³/mol. The smallest absolute Gasteiger partial charge is 0.0660 e. The van der Waals surface area contributed by atoms with Crippen LogP contribution >= 0.6 is 0 Å². The van der Waals surface area contributed by atoms with Crippen molar-refractivity contribution in [1.29, 1.82) is 0 Å². The first-order chi connectivity index (χ1) is 7.84. The molecule has 0 radical (unpaired) electrons.